The highest BCUT2D eigenvalue weighted by molar-refractivity contribution is 5.57. The number of nitrogens with one attached hydrogen (secondary N) is 1. The van der Waals surface area contributed by atoms with Gasteiger partial charge in [0.15, 0.2) is 0 Å². The number of hydrogen-bond acceptors (Lipinski definition) is 2. The molecule has 0 heterocycles. The molecule has 10 heavy (non-hydrogen) atoms. The summed E-state index contributed by atoms with van der Waals surface area (Å²) in [6.07, 6.45) is 3.05. The zero-order valence-electron chi connectivity index (χ0n) is 7.05. The van der Waals surface area contributed by atoms with Gasteiger partial charge in [-0.2, -0.15) is 0 Å². The van der Waals surface area contributed by atoms with E-state index in [0.29, 0.717) is 5.92 Å². The molecule has 0 spiro atoms. The molecule has 1 unspecified atom stereocenters. The minimum Gasteiger partial charge on any atom is -0.311 e. The second-order valence-corrected chi connectivity index (χ2v) is 3.00. The van der Waals surface area contributed by atoms with Crippen LogP contribution < -0.4 is 5.32 Å². The number of carbonyl (C=O) groups excluding carboxylic acids is 1. The van der Waals surface area contributed by atoms with Crippen LogP contribution in [0.5, 0.6) is 0 Å². The summed E-state index contributed by atoms with van der Waals surface area (Å²) < 4.78 is 0. The van der Waals surface area contributed by atoms with Gasteiger partial charge in [0.25, 0.3) is 0 Å². The van der Waals surface area contributed by atoms with E-state index in [9.17, 15) is 4.79 Å². The molecule has 1 atom stereocenters. The van der Waals surface area contributed by atoms with E-state index in [1.165, 1.54) is 0 Å². The molecule has 0 saturated carbocycles. The Morgan fingerprint density at radius 3 is 2.30 bits per heavy atom. The molecule has 0 aliphatic carbocycles. The summed E-state index contributed by atoms with van der Waals surface area (Å²) >= 11 is 0. The first-order valence-electron chi connectivity index (χ1n) is 3.83. The van der Waals surface area contributed by atoms with Crippen molar-refractivity contribution in [1.29, 1.82) is 0 Å². The van der Waals surface area contributed by atoms with Gasteiger partial charge in [0.2, 0.25) is 0 Å². The summed E-state index contributed by atoms with van der Waals surface area (Å²) in [6, 6.07) is 0.0578. The fourth-order valence-corrected chi connectivity index (χ4v) is 0.793. The Labute approximate surface area is 63.0 Å². The van der Waals surface area contributed by atoms with Crippen LogP contribution in [0.1, 0.15) is 26.7 Å². The SMILES string of the molecule is CNC(C=O)CCC(C)C. The first kappa shape index (κ1) is 9.63. The maximum atomic E-state index is 10.3. The van der Waals surface area contributed by atoms with Gasteiger partial charge in [-0.05, 0) is 25.8 Å². The average molecular weight is 143 g/mol. The number of likely N-dealkylation sites (N-methyl/N-ethyl adjacent to an activating group) is 1. The zero-order valence-corrected chi connectivity index (χ0v) is 7.05. The summed E-state index contributed by atoms with van der Waals surface area (Å²) in [7, 11) is 1.82. The predicted octanol–water partition coefficient (Wildman–Crippen LogP) is 1.21. The summed E-state index contributed by atoms with van der Waals surface area (Å²) in [4.78, 5) is 10.3. The normalized spacial score (nSPS) is 13.6. The van der Waals surface area contributed by atoms with E-state index in [4.69, 9.17) is 0 Å². The molecule has 2 heteroatoms. The van der Waals surface area contributed by atoms with Crippen LogP contribution in [0, 0.1) is 5.92 Å². The largest absolute Gasteiger partial charge is 0.311 e. The Bertz CT molecular complexity index is 91.3. The lowest BCUT2D eigenvalue weighted by Crippen LogP contribution is -2.26. The average Bonchev–Trinajstić information content (AvgIpc) is 1.90. The van der Waals surface area contributed by atoms with Crippen molar-refractivity contribution in [3.63, 3.8) is 0 Å². The molecule has 0 aromatic carbocycles. The molecular weight excluding hydrogens is 126 g/mol. The van der Waals surface area contributed by atoms with Crippen molar-refractivity contribution >= 4 is 6.29 Å². The molecule has 2 nitrogen and oxygen atoms in total. The molecule has 0 bridgehead atoms. The van der Waals surface area contributed by atoms with Crippen molar-refractivity contribution in [2.75, 3.05) is 7.05 Å². The summed E-state index contributed by atoms with van der Waals surface area (Å²) in [6.45, 7) is 4.33. The third-order valence-corrected chi connectivity index (χ3v) is 1.59. The van der Waals surface area contributed by atoms with Gasteiger partial charge < -0.3 is 10.1 Å². The van der Waals surface area contributed by atoms with E-state index in [0.717, 1.165) is 19.1 Å². The van der Waals surface area contributed by atoms with Gasteiger partial charge in [0.05, 0.1) is 6.04 Å². The van der Waals surface area contributed by atoms with E-state index >= 15 is 0 Å². The van der Waals surface area contributed by atoms with Crippen LogP contribution in [0.4, 0.5) is 0 Å². The summed E-state index contributed by atoms with van der Waals surface area (Å²) in [5, 5.41) is 2.94. The lowest BCUT2D eigenvalue weighted by molar-refractivity contribution is -0.109. The second kappa shape index (κ2) is 5.42. The first-order chi connectivity index (χ1) is 4.70. The molecule has 0 aromatic rings. The van der Waals surface area contributed by atoms with Gasteiger partial charge in [-0.15, -0.1) is 0 Å². The Morgan fingerprint density at radius 2 is 2.00 bits per heavy atom. The smallest absolute Gasteiger partial charge is 0.136 e. The Hall–Kier alpha value is -0.370. The van der Waals surface area contributed by atoms with Crippen molar-refractivity contribution in [2.24, 2.45) is 5.92 Å². The van der Waals surface area contributed by atoms with Crippen molar-refractivity contribution in [2.45, 2.75) is 32.7 Å². The van der Waals surface area contributed by atoms with E-state index in [2.05, 4.69) is 19.2 Å². The standard InChI is InChI=1S/C8H17NO/c1-7(2)4-5-8(6-10)9-3/h6-9H,4-5H2,1-3H3. The van der Waals surface area contributed by atoms with Gasteiger partial charge >= 0.3 is 0 Å². The first-order valence-corrected chi connectivity index (χ1v) is 3.83. The molecule has 1 N–H and O–H groups in total. The van der Waals surface area contributed by atoms with Crippen LogP contribution >= 0.6 is 0 Å². The number of rotatable bonds is 5. The number of hydrogen-bond donors (Lipinski definition) is 1. The molecule has 0 aliphatic heterocycles. The monoisotopic (exact) mass is 143 g/mol. The topological polar surface area (TPSA) is 29.1 Å². The van der Waals surface area contributed by atoms with Crippen LogP contribution in [-0.4, -0.2) is 19.4 Å². The molecule has 60 valence electrons. The predicted molar refractivity (Wildman–Crippen MR) is 43.0 cm³/mol. The second-order valence-electron chi connectivity index (χ2n) is 3.00. The van der Waals surface area contributed by atoms with Crippen LogP contribution in [0.15, 0.2) is 0 Å². The highest BCUT2D eigenvalue weighted by Crippen LogP contribution is 2.04. The Morgan fingerprint density at radius 1 is 1.40 bits per heavy atom. The number of carbonyl (C=O) groups is 1. The van der Waals surface area contributed by atoms with Gasteiger partial charge in [-0.25, -0.2) is 0 Å². The van der Waals surface area contributed by atoms with E-state index < -0.39 is 0 Å². The maximum Gasteiger partial charge on any atom is 0.136 e. The molecule has 0 amide bonds. The van der Waals surface area contributed by atoms with Crippen molar-refractivity contribution in [3.8, 4) is 0 Å². The minimum absolute atomic E-state index is 0.0578. The minimum atomic E-state index is 0.0578. The Kier molecular flexibility index (Phi) is 5.22. The third kappa shape index (κ3) is 4.50. The van der Waals surface area contributed by atoms with E-state index in [1.54, 1.807) is 0 Å². The lowest BCUT2D eigenvalue weighted by atomic mass is 10.0. The summed E-state index contributed by atoms with van der Waals surface area (Å²) in [5.74, 6) is 0.691. The van der Waals surface area contributed by atoms with E-state index in [-0.39, 0.29) is 6.04 Å². The van der Waals surface area contributed by atoms with Crippen LogP contribution in [0.25, 0.3) is 0 Å². The molecule has 0 radical (unpaired) electrons. The highest BCUT2D eigenvalue weighted by atomic mass is 16.1. The van der Waals surface area contributed by atoms with Gasteiger partial charge in [-0.3, -0.25) is 0 Å². The van der Waals surface area contributed by atoms with Crippen LogP contribution in [-0.2, 0) is 4.79 Å². The fraction of sp³-hybridized carbons (Fsp3) is 0.875. The number of aldehydes is 1. The third-order valence-electron chi connectivity index (χ3n) is 1.59. The molecule has 0 rings (SSSR count). The van der Waals surface area contributed by atoms with Gasteiger partial charge in [-0.1, -0.05) is 13.8 Å². The van der Waals surface area contributed by atoms with Gasteiger partial charge in [0.1, 0.15) is 6.29 Å². The van der Waals surface area contributed by atoms with Crippen molar-refractivity contribution in [1.82, 2.24) is 5.32 Å². The van der Waals surface area contributed by atoms with E-state index in [1.807, 2.05) is 7.05 Å². The molecule has 0 aliphatic rings. The van der Waals surface area contributed by atoms with Crippen LogP contribution in [0.2, 0.25) is 0 Å². The van der Waals surface area contributed by atoms with Crippen LogP contribution in [0.3, 0.4) is 0 Å². The molecule has 0 saturated heterocycles. The quantitative estimate of drug-likeness (QED) is 0.586. The molecular formula is C8H17NO. The Balaban J connectivity index is 3.34. The van der Waals surface area contributed by atoms with Gasteiger partial charge in [0, 0.05) is 0 Å². The lowest BCUT2D eigenvalue weighted by Gasteiger charge is -2.09. The van der Waals surface area contributed by atoms with Crippen molar-refractivity contribution < 1.29 is 4.79 Å². The summed E-state index contributed by atoms with van der Waals surface area (Å²) in [5.41, 5.74) is 0. The highest BCUT2D eigenvalue weighted by Gasteiger charge is 2.03. The fourth-order valence-electron chi connectivity index (χ4n) is 0.793. The molecule has 0 fully saturated rings. The molecule has 0 aromatic heterocycles. The maximum absolute atomic E-state index is 10.3. The zero-order chi connectivity index (χ0) is 7.98. The van der Waals surface area contributed by atoms with Crippen molar-refractivity contribution in [3.05, 3.63) is 0 Å².